The molecular formula is C15H30N2O. The molecule has 0 aliphatic carbocycles. The van der Waals surface area contributed by atoms with Crippen molar-refractivity contribution in [3.63, 3.8) is 0 Å². The summed E-state index contributed by atoms with van der Waals surface area (Å²) in [7, 11) is 0. The molecule has 18 heavy (non-hydrogen) atoms. The number of likely N-dealkylation sites (N-methyl/N-ethyl adjacent to an activating group) is 1. The van der Waals surface area contributed by atoms with Gasteiger partial charge in [-0.05, 0) is 44.7 Å². The van der Waals surface area contributed by atoms with E-state index in [4.69, 9.17) is 4.74 Å². The van der Waals surface area contributed by atoms with E-state index in [0.29, 0.717) is 18.1 Å². The topological polar surface area (TPSA) is 24.5 Å². The number of nitrogens with one attached hydrogen (secondary N) is 1. The van der Waals surface area contributed by atoms with Gasteiger partial charge < -0.3 is 10.1 Å². The summed E-state index contributed by atoms with van der Waals surface area (Å²) in [5, 5.41) is 3.79. The van der Waals surface area contributed by atoms with Crippen LogP contribution in [0, 0.1) is 5.92 Å². The van der Waals surface area contributed by atoms with E-state index in [2.05, 4.69) is 31.0 Å². The summed E-state index contributed by atoms with van der Waals surface area (Å²) in [6.45, 7) is 11.4. The van der Waals surface area contributed by atoms with Crippen molar-refractivity contribution in [3.05, 3.63) is 0 Å². The molecule has 1 N–H and O–H groups in total. The molecule has 2 aliphatic rings. The summed E-state index contributed by atoms with van der Waals surface area (Å²) < 4.78 is 5.83. The van der Waals surface area contributed by atoms with Crippen LogP contribution in [0.4, 0.5) is 0 Å². The van der Waals surface area contributed by atoms with Gasteiger partial charge in [0.1, 0.15) is 0 Å². The monoisotopic (exact) mass is 254 g/mol. The van der Waals surface area contributed by atoms with Crippen LogP contribution in [0.3, 0.4) is 0 Å². The van der Waals surface area contributed by atoms with Crippen molar-refractivity contribution < 1.29 is 4.74 Å². The van der Waals surface area contributed by atoms with Gasteiger partial charge >= 0.3 is 0 Å². The third-order valence-corrected chi connectivity index (χ3v) is 4.61. The molecule has 2 heterocycles. The average Bonchev–Trinajstić information content (AvgIpc) is 2.84. The van der Waals surface area contributed by atoms with Gasteiger partial charge in [0.15, 0.2) is 0 Å². The smallest absolute Gasteiger partial charge is 0.0612 e. The molecule has 0 aromatic carbocycles. The van der Waals surface area contributed by atoms with E-state index in [1.165, 1.54) is 45.3 Å². The Kier molecular flexibility index (Phi) is 5.46. The van der Waals surface area contributed by atoms with Crippen LogP contribution in [-0.4, -0.2) is 49.3 Å². The van der Waals surface area contributed by atoms with Crippen molar-refractivity contribution in [2.24, 2.45) is 5.92 Å². The Morgan fingerprint density at radius 3 is 2.89 bits per heavy atom. The molecule has 0 spiro atoms. The van der Waals surface area contributed by atoms with E-state index in [1.807, 2.05) is 0 Å². The van der Waals surface area contributed by atoms with Gasteiger partial charge in [0.2, 0.25) is 0 Å². The maximum Gasteiger partial charge on any atom is 0.0612 e. The molecule has 0 saturated carbocycles. The van der Waals surface area contributed by atoms with Crippen molar-refractivity contribution in [2.75, 3.05) is 26.2 Å². The second-order valence-electron chi connectivity index (χ2n) is 6.21. The molecule has 2 saturated heterocycles. The number of likely N-dealkylation sites (tertiary alicyclic amines) is 1. The number of rotatable bonds is 5. The predicted octanol–water partition coefficient (Wildman–Crippen LogP) is 2.26. The zero-order chi connectivity index (χ0) is 13.0. The van der Waals surface area contributed by atoms with Gasteiger partial charge in [-0.1, -0.05) is 20.8 Å². The Bertz CT molecular complexity index is 245. The number of ether oxygens (including phenoxy) is 1. The highest BCUT2D eigenvalue weighted by Gasteiger charge is 2.27. The van der Waals surface area contributed by atoms with Gasteiger partial charge in [0.05, 0.1) is 6.10 Å². The Labute approximate surface area is 112 Å². The van der Waals surface area contributed by atoms with Crippen LogP contribution in [0.1, 0.15) is 46.5 Å². The van der Waals surface area contributed by atoms with Gasteiger partial charge in [0.25, 0.3) is 0 Å². The van der Waals surface area contributed by atoms with Crippen LogP contribution < -0.4 is 5.32 Å². The first-order valence-corrected chi connectivity index (χ1v) is 7.79. The lowest BCUT2D eigenvalue weighted by atomic mass is 9.95. The molecule has 2 fully saturated rings. The van der Waals surface area contributed by atoms with Crippen LogP contribution in [0.2, 0.25) is 0 Å². The standard InChI is InChI=1S/C15H30N2O/c1-4-17-8-5-6-14(17)11-16-13-7-9-18-15(10-13)12(2)3/h12-16H,4-11H2,1-3H3. The first-order chi connectivity index (χ1) is 8.70. The molecular weight excluding hydrogens is 224 g/mol. The van der Waals surface area contributed by atoms with Crippen LogP contribution >= 0.6 is 0 Å². The minimum Gasteiger partial charge on any atom is -0.378 e. The zero-order valence-electron chi connectivity index (χ0n) is 12.3. The van der Waals surface area contributed by atoms with Crippen molar-refractivity contribution in [1.82, 2.24) is 10.2 Å². The second-order valence-corrected chi connectivity index (χ2v) is 6.21. The predicted molar refractivity (Wildman–Crippen MR) is 75.9 cm³/mol. The maximum absolute atomic E-state index is 5.83. The summed E-state index contributed by atoms with van der Waals surface area (Å²) in [4.78, 5) is 2.62. The molecule has 0 aromatic rings. The van der Waals surface area contributed by atoms with E-state index in [-0.39, 0.29) is 0 Å². The number of hydrogen-bond acceptors (Lipinski definition) is 3. The Balaban J connectivity index is 1.72. The lowest BCUT2D eigenvalue weighted by molar-refractivity contribution is -0.0249. The first kappa shape index (κ1) is 14.3. The summed E-state index contributed by atoms with van der Waals surface area (Å²) in [6.07, 6.45) is 5.58. The number of nitrogens with zero attached hydrogens (tertiary/aromatic N) is 1. The first-order valence-electron chi connectivity index (χ1n) is 7.79. The fraction of sp³-hybridized carbons (Fsp3) is 1.00. The fourth-order valence-electron chi connectivity index (χ4n) is 3.32. The van der Waals surface area contributed by atoms with E-state index >= 15 is 0 Å². The normalized spacial score (nSPS) is 34.3. The molecule has 3 heteroatoms. The van der Waals surface area contributed by atoms with Crippen molar-refractivity contribution in [2.45, 2.75) is 64.6 Å². The van der Waals surface area contributed by atoms with Gasteiger partial charge in [-0.15, -0.1) is 0 Å². The van der Waals surface area contributed by atoms with E-state index in [1.54, 1.807) is 0 Å². The Morgan fingerprint density at radius 1 is 1.33 bits per heavy atom. The average molecular weight is 254 g/mol. The molecule has 106 valence electrons. The van der Waals surface area contributed by atoms with Crippen LogP contribution in [0.15, 0.2) is 0 Å². The van der Waals surface area contributed by atoms with Gasteiger partial charge in [0, 0.05) is 25.2 Å². The fourth-order valence-corrected chi connectivity index (χ4v) is 3.32. The molecule has 3 unspecified atom stereocenters. The second kappa shape index (κ2) is 6.88. The molecule has 2 aliphatic heterocycles. The summed E-state index contributed by atoms with van der Waals surface area (Å²) in [6, 6.07) is 1.45. The van der Waals surface area contributed by atoms with Crippen molar-refractivity contribution in [3.8, 4) is 0 Å². The summed E-state index contributed by atoms with van der Waals surface area (Å²) >= 11 is 0. The van der Waals surface area contributed by atoms with E-state index < -0.39 is 0 Å². The Morgan fingerprint density at radius 2 is 2.17 bits per heavy atom. The van der Waals surface area contributed by atoms with E-state index in [9.17, 15) is 0 Å². The molecule has 3 atom stereocenters. The van der Waals surface area contributed by atoms with Gasteiger partial charge in [-0.2, -0.15) is 0 Å². The molecule has 2 rings (SSSR count). The largest absolute Gasteiger partial charge is 0.378 e. The zero-order valence-corrected chi connectivity index (χ0v) is 12.3. The molecule has 0 radical (unpaired) electrons. The van der Waals surface area contributed by atoms with Crippen LogP contribution in [-0.2, 0) is 4.74 Å². The Hall–Kier alpha value is -0.120. The van der Waals surface area contributed by atoms with Gasteiger partial charge in [-0.25, -0.2) is 0 Å². The highest BCUT2D eigenvalue weighted by Crippen LogP contribution is 2.21. The number of hydrogen-bond donors (Lipinski definition) is 1. The minimum atomic E-state index is 0.460. The van der Waals surface area contributed by atoms with Crippen molar-refractivity contribution in [1.29, 1.82) is 0 Å². The molecule has 0 bridgehead atoms. The van der Waals surface area contributed by atoms with Crippen LogP contribution in [0.5, 0.6) is 0 Å². The minimum absolute atomic E-state index is 0.460. The lowest BCUT2D eigenvalue weighted by Crippen LogP contribution is -2.46. The highest BCUT2D eigenvalue weighted by atomic mass is 16.5. The lowest BCUT2D eigenvalue weighted by Gasteiger charge is -2.34. The van der Waals surface area contributed by atoms with Crippen molar-refractivity contribution >= 4 is 0 Å². The third-order valence-electron chi connectivity index (χ3n) is 4.61. The van der Waals surface area contributed by atoms with E-state index in [0.717, 1.165) is 12.6 Å². The highest BCUT2D eigenvalue weighted by molar-refractivity contribution is 4.84. The molecule has 0 aromatic heterocycles. The third kappa shape index (κ3) is 3.69. The molecule has 3 nitrogen and oxygen atoms in total. The van der Waals surface area contributed by atoms with Crippen LogP contribution in [0.25, 0.3) is 0 Å². The summed E-state index contributed by atoms with van der Waals surface area (Å²) in [5.74, 6) is 0.647. The molecule has 0 amide bonds. The van der Waals surface area contributed by atoms with Gasteiger partial charge in [-0.3, -0.25) is 4.90 Å². The quantitative estimate of drug-likeness (QED) is 0.814. The SMILES string of the molecule is CCN1CCCC1CNC1CCOC(C(C)C)C1. The maximum atomic E-state index is 5.83. The summed E-state index contributed by atoms with van der Waals surface area (Å²) in [5.41, 5.74) is 0.